The van der Waals surface area contributed by atoms with E-state index >= 15 is 0 Å². The Bertz CT molecular complexity index is 653. The third kappa shape index (κ3) is 3.60. The molecule has 0 aliphatic heterocycles. The van der Waals surface area contributed by atoms with Gasteiger partial charge in [0.15, 0.2) is 0 Å². The van der Waals surface area contributed by atoms with Crippen LogP contribution >= 0.6 is 11.6 Å². The molecule has 4 heteroatoms. The molecular weight excluding hydrogens is 292 g/mol. The summed E-state index contributed by atoms with van der Waals surface area (Å²) in [6.45, 7) is 6.15. The Hall–Kier alpha value is -1.45. The van der Waals surface area contributed by atoms with Gasteiger partial charge in [-0.3, -0.25) is 0 Å². The highest BCUT2D eigenvalue weighted by Gasteiger charge is 2.17. The second-order valence-electron chi connectivity index (χ2n) is 5.39. The molecule has 0 bridgehead atoms. The van der Waals surface area contributed by atoms with E-state index in [-0.39, 0.29) is 11.6 Å². The summed E-state index contributed by atoms with van der Waals surface area (Å²) in [7, 11) is 0. The molecule has 2 rings (SSSR count). The van der Waals surface area contributed by atoms with Crippen LogP contribution in [0, 0.1) is 18.6 Å². The summed E-state index contributed by atoms with van der Waals surface area (Å²) in [4.78, 5) is 0. The second kappa shape index (κ2) is 6.54. The van der Waals surface area contributed by atoms with Crippen molar-refractivity contribution in [2.24, 2.45) is 0 Å². The molecule has 1 nitrogen and oxygen atoms in total. The van der Waals surface area contributed by atoms with Gasteiger partial charge in [0.1, 0.15) is 11.6 Å². The van der Waals surface area contributed by atoms with E-state index in [9.17, 15) is 8.78 Å². The molecule has 0 amide bonds. The predicted molar refractivity (Wildman–Crippen MR) is 83.5 cm³/mol. The van der Waals surface area contributed by atoms with E-state index in [2.05, 4.69) is 5.32 Å². The van der Waals surface area contributed by atoms with Crippen LogP contribution in [0.1, 0.15) is 25.0 Å². The number of benzene rings is 2. The van der Waals surface area contributed by atoms with Gasteiger partial charge in [-0.15, -0.1) is 0 Å². The highest BCUT2D eigenvalue weighted by molar-refractivity contribution is 6.30. The van der Waals surface area contributed by atoms with Crippen molar-refractivity contribution in [3.8, 4) is 11.1 Å². The van der Waals surface area contributed by atoms with Crippen molar-refractivity contribution < 1.29 is 8.78 Å². The molecule has 0 saturated carbocycles. The van der Waals surface area contributed by atoms with E-state index in [0.717, 1.165) is 5.56 Å². The minimum Gasteiger partial charge on any atom is -0.310 e. The van der Waals surface area contributed by atoms with Crippen LogP contribution in [0.5, 0.6) is 0 Å². The van der Waals surface area contributed by atoms with E-state index < -0.39 is 11.6 Å². The summed E-state index contributed by atoms with van der Waals surface area (Å²) >= 11 is 6.02. The van der Waals surface area contributed by atoms with E-state index in [1.165, 1.54) is 12.1 Å². The van der Waals surface area contributed by atoms with Crippen molar-refractivity contribution in [1.29, 1.82) is 0 Å². The maximum atomic E-state index is 14.3. The van der Waals surface area contributed by atoms with Gasteiger partial charge in [0.2, 0.25) is 0 Å². The molecule has 2 aromatic carbocycles. The zero-order valence-electron chi connectivity index (χ0n) is 12.3. The molecule has 0 spiro atoms. The first kappa shape index (κ1) is 15.9. The van der Waals surface area contributed by atoms with E-state index in [1.807, 2.05) is 13.8 Å². The number of hydrogen-bond donors (Lipinski definition) is 1. The number of halogens is 3. The Kier molecular flexibility index (Phi) is 4.96. The highest BCUT2D eigenvalue weighted by atomic mass is 35.5. The second-order valence-corrected chi connectivity index (χ2v) is 5.83. The first-order chi connectivity index (χ1) is 9.90. The fourth-order valence-corrected chi connectivity index (χ4v) is 2.36. The van der Waals surface area contributed by atoms with Crippen molar-refractivity contribution in [2.45, 2.75) is 33.4 Å². The molecule has 0 radical (unpaired) electrons. The van der Waals surface area contributed by atoms with Gasteiger partial charge >= 0.3 is 0 Å². The van der Waals surface area contributed by atoms with Crippen molar-refractivity contribution in [2.75, 3.05) is 0 Å². The Labute approximate surface area is 128 Å². The van der Waals surface area contributed by atoms with Gasteiger partial charge in [0, 0.05) is 17.6 Å². The van der Waals surface area contributed by atoms with Crippen molar-refractivity contribution in [3.63, 3.8) is 0 Å². The first-order valence-electron chi connectivity index (χ1n) is 6.87. The molecule has 1 N–H and O–H groups in total. The summed E-state index contributed by atoms with van der Waals surface area (Å²) in [5.41, 5.74) is 1.74. The molecule has 0 heterocycles. The maximum Gasteiger partial charge on any atom is 0.136 e. The Balaban J connectivity index is 2.56. The summed E-state index contributed by atoms with van der Waals surface area (Å²) in [6, 6.07) is 8.06. The van der Waals surface area contributed by atoms with Crippen LogP contribution in [0.2, 0.25) is 5.02 Å². The number of aryl methyl sites for hydroxylation is 1. The van der Waals surface area contributed by atoms with Crippen LogP contribution in [-0.4, -0.2) is 6.04 Å². The lowest BCUT2D eigenvalue weighted by atomic mass is 9.96. The third-order valence-electron chi connectivity index (χ3n) is 3.32. The van der Waals surface area contributed by atoms with Crippen molar-refractivity contribution in [3.05, 3.63) is 58.1 Å². The Morgan fingerprint density at radius 1 is 1.14 bits per heavy atom. The molecule has 0 fully saturated rings. The topological polar surface area (TPSA) is 12.0 Å². The van der Waals surface area contributed by atoms with E-state index in [1.54, 1.807) is 25.1 Å². The van der Waals surface area contributed by atoms with Gasteiger partial charge in [-0.2, -0.15) is 0 Å². The van der Waals surface area contributed by atoms with Gasteiger partial charge < -0.3 is 5.32 Å². The Morgan fingerprint density at radius 2 is 1.86 bits per heavy atom. The average molecular weight is 310 g/mol. The fourth-order valence-electron chi connectivity index (χ4n) is 2.17. The number of nitrogens with one attached hydrogen (secondary N) is 1. The zero-order chi connectivity index (χ0) is 15.6. The normalized spacial score (nSPS) is 11.2. The summed E-state index contributed by atoms with van der Waals surface area (Å²) in [6.07, 6.45) is 0. The molecule has 0 atom stereocenters. The van der Waals surface area contributed by atoms with Crippen molar-refractivity contribution >= 4 is 11.6 Å². The Morgan fingerprint density at radius 3 is 2.52 bits per heavy atom. The molecule has 2 aromatic rings. The van der Waals surface area contributed by atoms with Crippen LogP contribution in [0.15, 0.2) is 30.3 Å². The first-order valence-corrected chi connectivity index (χ1v) is 7.24. The summed E-state index contributed by atoms with van der Waals surface area (Å²) in [5.74, 6) is -1.09. The molecule has 0 saturated heterocycles. The molecule has 0 aliphatic carbocycles. The fraction of sp³-hybridized carbons (Fsp3) is 0.294. The van der Waals surface area contributed by atoms with Gasteiger partial charge in [0.05, 0.1) is 5.56 Å². The largest absolute Gasteiger partial charge is 0.310 e. The van der Waals surface area contributed by atoms with Crippen LogP contribution < -0.4 is 5.32 Å². The number of rotatable bonds is 4. The summed E-state index contributed by atoms with van der Waals surface area (Å²) in [5, 5.41) is 3.80. The van der Waals surface area contributed by atoms with E-state index in [0.29, 0.717) is 22.7 Å². The molecule has 0 unspecified atom stereocenters. The van der Waals surface area contributed by atoms with Crippen LogP contribution in [0.3, 0.4) is 0 Å². The lowest BCUT2D eigenvalue weighted by Gasteiger charge is -2.15. The predicted octanol–water partition coefficient (Wildman–Crippen LogP) is 5.09. The van der Waals surface area contributed by atoms with Crippen LogP contribution in [-0.2, 0) is 6.54 Å². The molecule has 0 aromatic heterocycles. The zero-order valence-corrected chi connectivity index (χ0v) is 13.1. The quantitative estimate of drug-likeness (QED) is 0.829. The molecular formula is C17H18ClF2N. The maximum absolute atomic E-state index is 14.3. The van der Waals surface area contributed by atoms with Gasteiger partial charge in [0.25, 0.3) is 0 Å². The smallest absolute Gasteiger partial charge is 0.136 e. The molecule has 21 heavy (non-hydrogen) atoms. The summed E-state index contributed by atoms with van der Waals surface area (Å²) < 4.78 is 28.4. The van der Waals surface area contributed by atoms with Gasteiger partial charge in [-0.05, 0) is 41.8 Å². The van der Waals surface area contributed by atoms with Gasteiger partial charge in [-0.25, -0.2) is 8.78 Å². The molecule has 112 valence electrons. The third-order valence-corrected chi connectivity index (χ3v) is 3.56. The van der Waals surface area contributed by atoms with Crippen LogP contribution in [0.25, 0.3) is 11.1 Å². The standard InChI is InChI=1S/C17H18ClF2N/c1-10(2)21-9-12-8-13(18)5-6-14(12)16-15(19)7-4-11(3)17(16)20/h4-8,10,21H,9H2,1-3H3. The van der Waals surface area contributed by atoms with Crippen molar-refractivity contribution in [1.82, 2.24) is 5.32 Å². The SMILES string of the molecule is Cc1ccc(F)c(-c2ccc(Cl)cc2CNC(C)C)c1F. The highest BCUT2D eigenvalue weighted by Crippen LogP contribution is 2.32. The average Bonchev–Trinajstić information content (AvgIpc) is 2.43. The monoisotopic (exact) mass is 309 g/mol. The minimum absolute atomic E-state index is 0.00669. The lowest BCUT2D eigenvalue weighted by molar-refractivity contribution is 0.578. The lowest BCUT2D eigenvalue weighted by Crippen LogP contribution is -2.22. The molecule has 0 aliphatic rings. The van der Waals surface area contributed by atoms with Crippen LogP contribution in [0.4, 0.5) is 8.78 Å². The minimum atomic E-state index is -0.564. The van der Waals surface area contributed by atoms with E-state index in [4.69, 9.17) is 11.6 Å². The van der Waals surface area contributed by atoms with Gasteiger partial charge in [-0.1, -0.05) is 37.6 Å². The number of hydrogen-bond acceptors (Lipinski definition) is 1.